The van der Waals surface area contributed by atoms with E-state index in [-0.39, 0.29) is 10.6 Å². The summed E-state index contributed by atoms with van der Waals surface area (Å²) < 4.78 is 25.4. The van der Waals surface area contributed by atoms with Gasteiger partial charge in [-0.1, -0.05) is 11.6 Å². The molecule has 0 aliphatic rings. The van der Waals surface area contributed by atoms with E-state index in [0.29, 0.717) is 3.57 Å². The normalized spacial score (nSPS) is 10.7. The Kier molecular flexibility index (Phi) is 4.21. The zero-order valence-electron chi connectivity index (χ0n) is 7.18. The number of halogens is 4. The largest absolute Gasteiger partial charge is 0.481 e. The number of alkyl halides is 2. The number of pyridine rings is 1. The van der Waals surface area contributed by atoms with Crippen molar-refractivity contribution in [3.63, 3.8) is 0 Å². The van der Waals surface area contributed by atoms with Gasteiger partial charge in [-0.3, -0.25) is 9.78 Å². The highest BCUT2D eigenvalue weighted by molar-refractivity contribution is 14.1. The van der Waals surface area contributed by atoms with Crippen LogP contribution in [0.5, 0.6) is 0 Å². The minimum atomic E-state index is -2.83. The molecule has 7 heteroatoms. The lowest BCUT2D eigenvalue weighted by Gasteiger charge is -2.09. The summed E-state index contributed by atoms with van der Waals surface area (Å²) in [7, 11) is 0. The van der Waals surface area contributed by atoms with Gasteiger partial charge in [0.05, 0.1) is 15.0 Å². The van der Waals surface area contributed by atoms with E-state index >= 15 is 0 Å². The minimum absolute atomic E-state index is 0.0308. The number of carbonyl (C=O) groups is 1. The Morgan fingerprint density at radius 1 is 1.67 bits per heavy atom. The number of hydrogen-bond donors (Lipinski definition) is 1. The first-order valence-corrected chi connectivity index (χ1v) is 5.22. The smallest absolute Gasteiger partial charge is 0.307 e. The van der Waals surface area contributed by atoms with E-state index in [0.717, 1.165) is 0 Å². The third-order valence-corrected chi connectivity index (χ3v) is 3.20. The van der Waals surface area contributed by atoms with E-state index in [4.69, 9.17) is 16.7 Å². The van der Waals surface area contributed by atoms with Gasteiger partial charge in [-0.05, 0) is 22.6 Å². The number of hydrogen-bond acceptors (Lipinski definition) is 2. The van der Waals surface area contributed by atoms with Crippen LogP contribution < -0.4 is 0 Å². The van der Waals surface area contributed by atoms with Gasteiger partial charge >= 0.3 is 5.97 Å². The van der Waals surface area contributed by atoms with Gasteiger partial charge < -0.3 is 5.11 Å². The molecule has 0 amide bonds. The third kappa shape index (κ3) is 2.97. The first kappa shape index (κ1) is 12.6. The van der Waals surface area contributed by atoms with Crippen molar-refractivity contribution in [2.45, 2.75) is 12.8 Å². The highest BCUT2D eigenvalue weighted by Gasteiger charge is 2.21. The molecule has 15 heavy (non-hydrogen) atoms. The summed E-state index contributed by atoms with van der Waals surface area (Å²) in [4.78, 5) is 14.0. The standard InChI is InChI=1S/C8H5ClF2INO2/c9-6-3(1-5(14)15)7(8(10)11)13-2-4(6)12/h2,8H,1H2,(H,14,15). The van der Waals surface area contributed by atoms with Crippen molar-refractivity contribution >= 4 is 40.2 Å². The lowest BCUT2D eigenvalue weighted by Crippen LogP contribution is -2.07. The number of aromatic nitrogens is 1. The van der Waals surface area contributed by atoms with Gasteiger partial charge in [-0.2, -0.15) is 0 Å². The molecule has 0 bridgehead atoms. The van der Waals surface area contributed by atoms with Gasteiger partial charge in [0, 0.05) is 11.8 Å². The Bertz CT molecular complexity index is 400. The fourth-order valence-corrected chi connectivity index (χ4v) is 1.70. The molecular formula is C8H5ClF2INO2. The Hall–Kier alpha value is -0.500. The van der Waals surface area contributed by atoms with Crippen molar-refractivity contribution in [2.75, 3.05) is 0 Å². The Morgan fingerprint density at radius 3 is 2.73 bits per heavy atom. The van der Waals surface area contributed by atoms with Crippen LogP contribution in [0.4, 0.5) is 8.78 Å². The molecule has 0 saturated heterocycles. The summed E-state index contributed by atoms with van der Waals surface area (Å²) in [6, 6.07) is 0. The average Bonchev–Trinajstić information content (AvgIpc) is 2.12. The molecule has 0 atom stereocenters. The van der Waals surface area contributed by atoms with Crippen molar-refractivity contribution in [1.29, 1.82) is 0 Å². The molecule has 1 heterocycles. The SMILES string of the molecule is O=C(O)Cc1c(C(F)F)ncc(I)c1Cl. The highest BCUT2D eigenvalue weighted by atomic mass is 127. The first-order chi connectivity index (χ1) is 6.93. The molecule has 1 rings (SSSR count). The van der Waals surface area contributed by atoms with Crippen LogP contribution in [0.1, 0.15) is 17.7 Å². The van der Waals surface area contributed by atoms with Crippen LogP contribution in [0.15, 0.2) is 6.20 Å². The topological polar surface area (TPSA) is 50.2 Å². The average molecular weight is 347 g/mol. The molecular weight excluding hydrogens is 342 g/mol. The molecule has 0 aliphatic carbocycles. The molecule has 1 N–H and O–H groups in total. The number of carboxylic acids is 1. The van der Waals surface area contributed by atoms with Crippen LogP contribution in [-0.2, 0) is 11.2 Å². The summed E-state index contributed by atoms with van der Waals surface area (Å²) in [5, 5.41) is 8.59. The molecule has 0 spiro atoms. The van der Waals surface area contributed by atoms with E-state index in [9.17, 15) is 13.6 Å². The van der Waals surface area contributed by atoms with Gasteiger partial charge in [-0.15, -0.1) is 0 Å². The quantitative estimate of drug-likeness (QED) is 0.856. The predicted molar refractivity (Wildman–Crippen MR) is 58.3 cm³/mol. The van der Waals surface area contributed by atoms with E-state index < -0.39 is 24.5 Å². The molecule has 0 aromatic carbocycles. The molecule has 82 valence electrons. The second kappa shape index (κ2) is 5.02. The monoisotopic (exact) mass is 347 g/mol. The Labute approximate surface area is 103 Å². The fourth-order valence-electron chi connectivity index (χ4n) is 1.02. The summed E-state index contributed by atoms with van der Waals surface area (Å²) in [6.07, 6.45) is -2.19. The molecule has 1 aromatic heterocycles. The van der Waals surface area contributed by atoms with Crippen LogP contribution in [0.2, 0.25) is 5.02 Å². The van der Waals surface area contributed by atoms with Crippen LogP contribution >= 0.6 is 34.2 Å². The van der Waals surface area contributed by atoms with Crippen molar-refractivity contribution in [2.24, 2.45) is 0 Å². The maximum absolute atomic E-state index is 12.5. The lowest BCUT2D eigenvalue weighted by molar-refractivity contribution is -0.136. The second-order valence-electron chi connectivity index (χ2n) is 2.66. The van der Waals surface area contributed by atoms with Crippen LogP contribution in [0, 0.1) is 3.57 Å². The lowest BCUT2D eigenvalue weighted by atomic mass is 10.1. The van der Waals surface area contributed by atoms with Crippen molar-refractivity contribution in [1.82, 2.24) is 4.98 Å². The summed E-state index contributed by atoms with van der Waals surface area (Å²) in [5.41, 5.74) is -0.686. The molecule has 0 radical (unpaired) electrons. The highest BCUT2D eigenvalue weighted by Crippen LogP contribution is 2.30. The minimum Gasteiger partial charge on any atom is -0.481 e. The van der Waals surface area contributed by atoms with Crippen LogP contribution in [0.25, 0.3) is 0 Å². The maximum atomic E-state index is 12.5. The molecule has 3 nitrogen and oxygen atoms in total. The molecule has 1 aromatic rings. The van der Waals surface area contributed by atoms with Crippen molar-refractivity contribution in [3.8, 4) is 0 Å². The molecule has 0 fully saturated rings. The van der Waals surface area contributed by atoms with Crippen molar-refractivity contribution < 1.29 is 18.7 Å². The maximum Gasteiger partial charge on any atom is 0.307 e. The van der Waals surface area contributed by atoms with Crippen molar-refractivity contribution in [3.05, 3.63) is 26.0 Å². The number of rotatable bonds is 3. The number of aliphatic carboxylic acids is 1. The van der Waals surface area contributed by atoms with Gasteiger partial charge in [0.25, 0.3) is 6.43 Å². The van der Waals surface area contributed by atoms with E-state index in [1.165, 1.54) is 6.20 Å². The second-order valence-corrected chi connectivity index (χ2v) is 4.20. The Morgan fingerprint density at radius 2 is 2.27 bits per heavy atom. The summed E-state index contributed by atoms with van der Waals surface area (Å²) >= 11 is 7.55. The first-order valence-electron chi connectivity index (χ1n) is 3.76. The summed E-state index contributed by atoms with van der Waals surface area (Å²) in [6.45, 7) is 0. The van der Waals surface area contributed by atoms with Crippen LogP contribution in [-0.4, -0.2) is 16.1 Å². The van der Waals surface area contributed by atoms with Crippen LogP contribution in [0.3, 0.4) is 0 Å². The zero-order chi connectivity index (χ0) is 11.6. The van der Waals surface area contributed by atoms with Gasteiger partial charge in [0.15, 0.2) is 0 Å². The number of nitrogens with zero attached hydrogens (tertiary/aromatic N) is 1. The zero-order valence-corrected chi connectivity index (χ0v) is 10.1. The Balaban J connectivity index is 3.28. The predicted octanol–water partition coefficient (Wildman–Crippen LogP) is 2.90. The van der Waals surface area contributed by atoms with Gasteiger partial charge in [0.1, 0.15) is 5.69 Å². The van der Waals surface area contributed by atoms with Gasteiger partial charge in [-0.25, -0.2) is 8.78 Å². The summed E-state index contributed by atoms with van der Waals surface area (Å²) in [5.74, 6) is -1.22. The van der Waals surface area contributed by atoms with E-state index in [2.05, 4.69) is 4.98 Å². The van der Waals surface area contributed by atoms with Gasteiger partial charge in [0.2, 0.25) is 0 Å². The van der Waals surface area contributed by atoms with E-state index in [1.807, 2.05) is 0 Å². The molecule has 0 unspecified atom stereocenters. The number of carboxylic acid groups (broad SMARTS) is 1. The fraction of sp³-hybridized carbons (Fsp3) is 0.250. The molecule has 0 aliphatic heterocycles. The third-order valence-electron chi connectivity index (χ3n) is 1.64. The molecule has 0 saturated carbocycles. The van der Waals surface area contributed by atoms with E-state index in [1.54, 1.807) is 22.6 Å².